The molecule has 8 nitrogen and oxygen atoms in total. The zero-order chi connectivity index (χ0) is 14.0. The van der Waals surface area contributed by atoms with E-state index in [9.17, 15) is 18.3 Å². The number of nitrogens with zero attached hydrogens (tertiary/aromatic N) is 3. The van der Waals surface area contributed by atoms with Crippen molar-refractivity contribution < 1.29 is 23.4 Å². The van der Waals surface area contributed by atoms with Gasteiger partial charge < -0.3 is 10.2 Å². The smallest absolute Gasteiger partial charge is 0.325 e. The van der Waals surface area contributed by atoms with Crippen LogP contribution in [-0.2, 0) is 21.4 Å². The second kappa shape index (κ2) is 5.27. The van der Waals surface area contributed by atoms with E-state index in [4.69, 9.17) is 5.11 Å². The molecule has 0 amide bonds. The van der Waals surface area contributed by atoms with Crippen LogP contribution < -0.4 is 0 Å². The number of aliphatic hydroxyl groups is 1. The fourth-order valence-corrected chi connectivity index (χ4v) is 3.36. The molecule has 1 aliphatic rings. The molecule has 0 spiro atoms. The summed E-state index contributed by atoms with van der Waals surface area (Å²) in [4.78, 5) is 10.5. The minimum atomic E-state index is -3.65. The van der Waals surface area contributed by atoms with Gasteiger partial charge in [-0.2, -0.15) is 9.40 Å². The zero-order valence-electron chi connectivity index (χ0n) is 10.1. The summed E-state index contributed by atoms with van der Waals surface area (Å²) < 4.78 is 26.8. The van der Waals surface area contributed by atoms with Gasteiger partial charge in [0.25, 0.3) is 0 Å². The molecule has 19 heavy (non-hydrogen) atoms. The van der Waals surface area contributed by atoms with Crippen LogP contribution in [0.5, 0.6) is 0 Å². The molecule has 0 bridgehead atoms. The molecule has 2 heterocycles. The van der Waals surface area contributed by atoms with E-state index in [1.54, 1.807) is 0 Å². The third kappa shape index (κ3) is 3.11. The van der Waals surface area contributed by atoms with Gasteiger partial charge in [0.05, 0.1) is 12.3 Å². The van der Waals surface area contributed by atoms with Crippen LogP contribution in [-0.4, -0.2) is 57.9 Å². The summed E-state index contributed by atoms with van der Waals surface area (Å²) in [5.74, 6) is -1.09. The Bertz CT molecular complexity index is 559. The van der Waals surface area contributed by atoms with Crippen LogP contribution in [0.25, 0.3) is 0 Å². The SMILES string of the molecule is O=C(O)Cn1cc(S(=O)(=O)N2CCC(O)CC2)cn1. The fraction of sp³-hybridized carbons (Fsp3) is 0.600. The van der Waals surface area contributed by atoms with E-state index in [2.05, 4.69) is 5.10 Å². The summed E-state index contributed by atoms with van der Waals surface area (Å²) in [5, 5.41) is 21.7. The van der Waals surface area contributed by atoms with Crippen LogP contribution in [0, 0.1) is 0 Å². The summed E-state index contributed by atoms with van der Waals surface area (Å²) in [6.45, 7) is 0.134. The van der Waals surface area contributed by atoms with E-state index in [0.717, 1.165) is 10.9 Å². The Morgan fingerprint density at radius 1 is 1.42 bits per heavy atom. The first-order valence-corrected chi connectivity index (χ1v) is 7.26. The van der Waals surface area contributed by atoms with Crippen molar-refractivity contribution in [2.45, 2.75) is 30.4 Å². The first-order valence-electron chi connectivity index (χ1n) is 5.82. The lowest BCUT2D eigenvalue weighted by molar-refractivity contribution is -0.137. The summed E-state index contributed by atoms with van der Waals surface area (Å²) in [7, 11) is -3.65. The van der Waals surface area contributed by atoms with E-state index in [1.807, 2.05) is 0 Å². The van der Waals surface area contributed by atoms with Crippen LogP contribution in [0.1, 0.15) is 12.8 Å². The van der Waals surface area contributed by atoms with Crippen molar-refractivity contribution in [1.29, 1.82) is 0 Å². The van der Waals surface area contributed by atoms with Crippen LogP contribution in [0.4, 0.5) is 0 Å². The molecular weight excluding hydrogens is 274 g/mol. The van der Waals surface area contributed by atoms with Gasteiger partial charge in [-0.15, -0.1) is 0 Å². The molecule has 0 aliphatic carbocycles. The summed E-state index contributed by atoms with van der Waals surface area (Å²) >= 11 is 0. The normalized spacial score (nSPS) is 18.6. The summed E-state index contributed by atoms with van der Waals surface area (Å²) in [5.41, 5.74) is 0. The summed E-state index contributed by atoms with van der Waals surface area (Å²) in [6.07, 6.45) is 2.70. The average molecular weight is 289 g/mol. The van der Waals surface area contributed by atoms with Crippen LogP contribution >= 0.6 is 0 Å². The van der Waals surface area contributed by atoms with E-state index >= 15 is 0 Å². The maximum atomic E-state index is 12.2. The van der Waals surface area contributed by atoms with Crippen LogP contribution in [0.3, 0.4) is 0 Å². The van der Waals surface area contributed by atoms with Crippen molar-refractivity contribution in [3.8, 4) is 0 Å². The lowest BCUT2D eigenvalue weighted by Crippen LogP contribution is -2.39. The van der Waals surface area contributed by atoms with Gasteiger partial charge in [0, 0.05) is 19.3 Å². The lowest BCUT2D eigenvalue weighted by atomic mass is 10.1. The molecule has 0 aromatic carbocycles. The van der Waals surface area contributed by atoms with Gasteiger partial charge in [0.1, 0.15) is 11.4 Å². The van der Waals surface area contributed by atoms with Crippen molar-refractivity contribution in [1.82, 2.24) is 14.1 Å². The predicted octanol–water partition coefficient (Wildman–Crippen LogP) is -0.887. The van der Waals surface area contributed by atoms with E-state index in [-0.39, 0.29) is 24.5 Å². The highest BCUT2D eigenvalue weighted by molar-refractivity contribution is 7.89. The fourth-order valence-electron chi connectivity index (χ4n) is 1.93. The lowest BCUT2D eigenvalue weighted by Gasteiger charge is -2.28. The number of aromatic nitrogens is 2. The molecule has 0 saturated carbocycles. The maximum absolute atomic E-state index is 12.2. The molecule has 1 saturated heterocycles. The number of carboxylic acids is 1. The van der Waals surface area contributed by atoms with Gasteiger partial charge in [-0.05, 0) is 12.8 Å². The molecule has 1 aromatic heterocycles. The number of aliphatic carboxylic acids is 1. The zero-order valence-corrected chi connectivity index (χ0v) is 11.0. The third-order valence-electron chi connectivity index (χ3n) is 2.97. The van der Waals surface area contributed by atoms with E-state index < -0.39 is 22.1 Å². The average Bonchev–Trinajstić information content (AvgIpc) is 2.78. The minimum absolute atomic E-state index is 0.0230. The van der Waals surface area contributed by atoms with Crippen molar-refractivity contribution in [3.05, 3.63) is 12.4 Å². The topological polar surface area (TPSA) is 113 Å². The molecule has 0 atom stereocenters. The molecule has 106 valence electrons. The Kier molecular flexibility index (Phi) is 3.88. The molecule has 1 fully saturated rings. The van der Waals surface area contributed by atoms with Gasteiger partial charge in [0.2, 0.25) is 10.0 Å². The maximum Gasteiger partial charge on any atom is 0.325 e. The molecular formula is C10H15N3O5S. The number of carbonyl (C=O) groups is 1. The standard InChI is InChI=1S/C10H15N3O5S/c14-8-1-3-13(4-2-8)19(17,18)9-5-11-12(6-9)7-10(15)16/h5-6,8,14H,1-4,7H2,(H,15,16). The van der Waals surface area contributed by atoms with E-state index in [1.165, 1.54) is 10.5 Å². The Balaban J connectivity index is 2.15. The third-order valence-corrected chi connectivity index (χ3v) is 4.82. The largest absolute Gasteiger partial charge is 0.480 e. The Labute approximate surface area is 110 Å². The quantitative estimate of drug-likeness (QED) is 0.743. The van der Waals surface area contributed by atoms with Crippen molar-refractivity contribution in [2.24, 2.45) is 0 Å². The molecule has 2 rings (SSSR count). The van der Waals surface area contributed by atoms with Gasteiger partial charge >= 0.3 is 5.97 Å². The minimum Gasteiger partial charge on any atom is -0.480 e. The molecule has 0 radical (unpaired) electrons. The Hall–Kier alpha value is -1.45. The first kappa shape index (κ1) is 14.0. The molecule has 1 aliphatic heterocycles. The monoisotopic (exact) mass is 289 g/mol. The van der Waals surface area contributed by atoms with Gasteiger partial charge in [-0.3, -0.25) is 9.48 Å². The van der Waals surface area contributed by atoms with Crippen molar-refractivity contribution >= 4 is 16.0 Å². The van der Waals surface area contributed by atoms with Crippen LogP contribution in [0.15, 0.2) is 17.3 Å². The predicted molar refractivity (Wildman–Crippen MR) is 63.9 cm³/mol. The van der Waals surface area contributed by atoms with Gasteiger partial charge in [-0.25, -0.2) is 8.42 Å². The highest BCUT2D eigenvalue weighted by Crippen LogP contribution is 2.20. The highest BCUT2D eigenvalue weighted by atomic mass is 32.2. The van der Waals surface area contributed by atoms with E-state index in [0.29, 0.717) is 12.8 Å². The second-order valence-electron chi connectivity index (χ2n) is 4.40. The van der Waals surface area contributed by atoms with Gasteiger partial charge in [0.15, 0.2) is 0 Å². The summed E-state index contributed by atoms with van der Waals surface area (Å²) in [6, 6.07) is 0. The molecule has 1 aromatic rings. The number of rotatable bonds is 4. The molecule has 0 unspecified atom stereocenters. The first-order chi connectivity index (χ1) is 8.89. The number of hydrogen-bond donors (Lipinski definition) is 2. The number of hydrogen-bond acceptors (Lipinski definition) is 5. The number of carboxylic acid groups (broad SMARTS) is 1. The van der Waals surface area contributed by atoms with Crippen LogP contribution in [0.2, 0.25) is 0 Å². The Morgan fingerprint density at radius 3 is 2.63 bits per heavy atom. The van der Waals surface area contributed by atoms with Crippen molar-refractivity contribution in [2.75, 3.05) is 13.1 Å². The number of sulfonamides is 1. The highest BCUT2D eigenvalue weighted by Gasteiger charge is 2.29. The number of aliphatic hydroxyl groups excluding tert-OH is 1. The molecule has 9 heteroatoms. The van der Waals surface area contributed by atoms with Crippen molar-refractivity contribution in [3.63, 3.8) is 0 Å². The number of piperidine rings is 1. The Morgan fingerprint density at radius 2 is 2.05 bits per heavy atom. The molecule has 2 N–H and O–H groups in total. The van der Waals surface area contributed by atoms with Gasteiger partial charge in [-0.1, -0.05) is 0 Å². The second-order valence-corrected chi connectivity index (χ2v) is 6.34.